The molecule has 3 rings (SSSR count). The fourth-order valence-electron chi connectivity index (χ4n) is 4.29. The zero-order valence-electron chi connectivity index (χ0n) is 22.6. The van der Waals surface area contributed by atoms with Crippen LogP contribution in [0.25, 0.3) is 22.3 Å². The van der Waals surface area contributed by atoms with Crippen molar-refractivity contribution in [2.45, 2.75) is 45.4 Å². The van der Waals surface area contributed by atoms with Gasteiger partial charge in [-0.25, -0.2) is 4.79 Å². The van der Waals surface area contributed by atoms with E-state index in [1.807, 2.05) is 92.9 Å². The number of carbonyl (C=O) groups is 3. The van der Waals surface area contributed by atoms with Crippen LogP contribution in [0.2, 0.25) is 0 Å². The van der Waals surface area contributed by atoms with Crippen molar-refractivity contribution in [2.24, 2.45) is 5.92 Å². The van der Waals surface area contributed by atoms with Gasteiger partial charge in [0.1, 0.15) is 17.8 Å². The van der Waals surface area contributed by atoms with Crippen molar-refractivity contribution >= 4 is 30.0 Å². The second-order valence-corrected chi connectivity index (χ2v) is 10.6. The van der Waals surface area contributed by atoms with E-state index in [0.717, 1.165) is 11.1 Å². The highest BCUT2D eigenvalue weighted by Gasteiger charge is 2.29. The molecule has 2 unspecified atom stereocenters. The van der Waals surface area contributed by atoms with Gasteiger partial charge in [-0.2, -0.15) is 11.8 Å². The molecule has 0 saturated carbocycles. The van der Waals surface area contributed by atoms with E-state index in [0.29, 0.717) is 47.4 Å². The molecule has 3 aromatic rings. The molecule has 7 nitrogen and oxygen atoms in total. The van der Waals surface area contributed by atoms with Crippen LogP contribution in [-0.2, 0) is 21.0 Å². The first kappa shape index (κ1) is 29.9. The quantitative estimate of drug-likeness (QED) is 0.152. The molecule has 0 saturated heterocycles. The summed E-state index contributed by atoms with van der Waals surface area (Å²) in [6, 6.07) is 21.0. The summed E-state index contributed by atoms with van der Waals surface area (Å²) in [7, 11) is 0. The van der Waals surface area contributed by atoms with Gasteiger partial charge in [-0.1, -0.05) is 74.5 Å². The zero-order chi connectivity index (χ0) is 28.2. The number of benzene rings is 3. The Balaban J connectivity index is 2.04. The lowest BCUT2D eigenvalue weighted by atomic mass is 9.94. The van der Waals surface area contributed by atoms with E-state index < -0.39 is 24.0 Å². The number of rotatable bonds is 14. The van der Waals surface area contributed by atoms with Crippen LogP contribution in [0.5, 0.6) is 5.75 Å². The molecule has 0 aromatic heterocycles. The first-order valence-corrected chi connectivity index (χ1v) is 14.4. The highest BCUT2D eigenvalue weighted by molar-refractivity contribution is 7.98. The van der Waals surface area contributed by atoms with E-state index in [-0.39, 0.29) is 12.5 Å². The Morgan fingerprint density at radius 2 is 1.51 bits per heavy atom. The lowest BCUT2D eigenvalue weighted by Gasteiger charge is -2.24. The van der Waals surface area contributed by atoms with Gasteiger partial charge in [-0.3, -0.25) is 9.59 Å². The number of amides is 2. The van der Waals surface area contributed by atoms with Crippen molar-refractivity contribution in [1.82, 2.24) is 10.6 Å². The van der Waals surface area contributed by atoms with Gasteiger partial charge in [0.2, 0.25) is 12.3 Å². The Morgan fingerprint density at radius 3 is 1.97 bits per heavy atom. The molecule has 2 amide bonds. The standard InChI is InChI=1S/C31H36N2O5S/c1-21(2)16-28(33-30(36)27(32-20-35)14-15-39-3)31(37)38-29-25(23-10-6-4-7-11-23)17-22(19-34)18-26(29)24-12-8-5-9-13-24/h4-13,17-18,20-21,27-28,34H,14-16,19H2,1-3H3,(H,32,35)(H,33,36). The van der Waals surface area contributed by atoms with Gasteiger partial charge in [-0.15, -0.1) is 0 Å². The van der Waals surface area contributed by atoms with Crippen LogP contribution in [0.3, 0.4) is 0 Å². The number of thioether (sulfide) groups is 1. The minimum Gasteiger partial charge on any atom is -0.424 e. The lowest BCUT2D eigenvalue weighted by Crippen LogP contribution is -2.51. The summed E-state index contributed by atoms with van der Waals surface area (Å²) in [5.41, 5.74) is 3.64. The van der Waals surface area contributed by atoms with Gasteiger partial charge in [0, 0.05) is 11.1 Å². The van der Waals surface area contributed by atoms with Crippen LogP contribution < -0.4 is 15.4 Å². The largest absolute Gasteiger partial charge is 0.424 e. The zero-order valence-corrected chi connectivity index (χ0v) is 23.4. The topological polar surface area (TPSA) is 105 Å². The normalized spacial score (nSPS) is 12.4. The Hall–Kier alpha value is -3.62. The van der Waals surface area contributed by atoms with Crippen LogP contribution in [0.1, 0.15) is 32.3 Å². The number of nitrogens with one attached hydrogen (secondary N) is 2. The summed E-state index contributed by atoms with van der Waals surface area (Å²) in [5, 5.41) is 15.4. The van der Waals surface area contributed by atoms with Crippen LogP contribution in [-0.4, -0.2) is 47.5 Å². The summed E-state index contributed by atoms with van der Waals surface area (Å²) in [5.74, 6) is 0.0860. The van der Waals surface area contributed by atoms with Gasteiger partial charge < -0.3 is 20.5 Å². The second-order valence-electron chi connectivity index (χ2n) is 9.64. The molecular formula is C31H36N2O5S. The van der Waals surface area contributed by atoms with Crippen LogP contribution in [0.15, 0.2) is 72.8 Å². The van der Waals surface area contributed by atoms with Gasteiger partial charge >= 0.3 is 5.97 Å². The average molecular weight is 549 g/mol. The summed E-state index contributed by atoms with van der Waals surface area (Å²) in [6.07, 6.45) is 3.22. The Morgan fingerprint density at radius 1 is 0.949 bits per heavy atom. The fourth-order valence-corrected chi connectivity index (χ4v) is 4.76. The summed E-state index contributed by atoms with van der Waals surface area (Å²) in [4.78, 5) is 37.9. The summed E-state index contributed by atoms with van der Waals surface area (Å²) >= 11 is 1.57. The maximum Gasteiger partial charge on any atom is 0.334 e. The monoisotopic (exact) mass is 548 g/mol. The number of carbonyl (C=O) groups excluding carboxylic acids is 3. The number of aliphatic hydroxyl groups is 1. The van der Waals surface area contributed by atoms with E-state index in [4.69, 9.17) is 4.74 Å². The molecule has 0 aliphatic carbocycles. The van der Waals surface area contributed by atoms with Crippen molar-refractivity contribution in [3.8, 4) is 28.0 Å². The lowest BCUT2D eigenvalue weighted by molar-refractivity contribution is -0.140. The van der Waals surface area contributed by atoms with E-state index >= 15 is 0 Å². The molecule has 3 aromatic carbocycles. The molecule has 206 valence electrons. The van der Waals surface area contributed by atoms with E-state index in [2.05, 4.69) is 10.6 Å². The molecule has 0 heterocycles. The maximum absolute atomic E-state index is 13.7. The fraction of sp³-hybridized carbons (Fsp3) is 0.323. The van der Waals surface area contributed by atoms with Gasteiger partial charge in [0.25, 0.3) is 0 Å². The molecule has 3 N–H and O–H groups in total. The van der Waals surface area contributed by atoms with E-state index in [9.17, 15) is 19.5 Å². The molecule has 2 atom stereocenters. The highest BCUT2D eigenvalue weighted by atomic mass is 32.2. The summed E-state index contributed by atoms with van der Waals surface area (Å²) < 4.78 is 6.14. The smallest absolute Gasteiger partial charge is 0.334 e. The Kier molecular flexibility index (Phi) is 11.6. The SMILES string of the molecule is CSCCC(NC=O)C(=O)NC(CC(C)C)C(=O)Oc1c(-c2ccccc2)cc(CO)cc1-c1ccccc1. The summed E-state index contributed by atoms with van der Waals surface area (Å²) in [6.45, 7) is 3.74. The predicted molar refractivity (Wildman–Crippen MR) is 156 cm³/mol. The van der Waals surface area contributed by atoms with E-state index in [1.54, 1.807) is 11.8 Å². The Bertz CT molecular complexity index is 1170. The van der Waals surface area contributed by atoms with Crippen molar-refractivity contribution in [3.63, 3.8) is 0 Å². The molecular weight excluding hydrogens is 512 g/mol. The van der Waals surface area contributed by atoms with Crippen molar-refractivity contribution < 1.29 is 24.2 Å². The third-order valence-electron chi connectivity index (χ3n) is 6.21. The van der Waals surface area contributed by atoms with Gasteiger partial charge in [0.15, 0.2) is 0 Å². The molecule has 0 bridgehead atoms. The highest BCUT2D eigenvalue weighted by Crippen LogP contribution is 2.40. The van der Waals surface area contributed by atoms with Crippen LogP contribution >= 0.6 is 11.8 Å². The molecule has 0 fully saturated rings. The first-order chi connectivity index (χ1) is 18.9. The third-order valence-corrected chi connectivity index (χ3v) is 6.85. The molecule has 0 spiro atoms. The number of ether oxygens (including phenoxy) is 1. The minimum atomic E-state index is -0.924. The predicted octanol–water partition coefficient (Wildman–Crippen LogP) is 4.82. The molecule has 8 heteroatoms. The molecule has 0 aliphatic heterocycles. The van der Waals surface area contributed by atoms with Crippen LogP contribution in [0.4, 0.5) is 0 Å². The number of aliphatic hydroxyl groups excluding tert-OH is 1. The van der Waals surface area contributed by atoms with Gasteiger partial charge in [-0.05, 0) is 59.6 Å². The number of esters is 1. The third kappa shape index (κ3) is 8.43. The van der Waals surface area contributed by atoms with Gasteiger partial charge in [0.05, 0.1) is 6.61 Å². The molecule has 0 aliphatic rings. The average Bonchev–Trinajstić information content (AvgIpc) is 2.95. The van der Waals surface area contributed by atoms with Crippen LogP contribution in [0, 0.1) is 5.92 Å². The van der Waals surface area contributed by atoms with E-state index in [1.165, 1.54) is 0 Å². The van der Waals surface area contributed by atoms with Crippen molar-refractivity contribution in [1.29, 1.82) is 0 Å². The van der Waals surface area contributed by atoms with Crippen molar-refractivity contribution in [3.05, 3.63) is 78.4 Å². The second kappa shape index (κ2) is 15.1. The molecule has 39 heavy (non-hydrogen) atoms. The van der Waals surface area contributed by atoms with Crippen molar-refractivity contribution in [2.75, 3.05) is 12.0 Å². The Labute approximate surface area is 234 Å². The number of hydrogen-bond donors (Lipinski definition) is 3. The maximum atomic E-state index is 13.7. The first-order valence-electron chi connectivity index (χ1n) is 13.0. The minimum absolute atomic E-state index is 0.0884. The number of hydrogen-bond acceptors (Lipinski definition) is 6. The molecule has 0 radical (unpaired) electrons.